The Morgan fingerprint density at radius 2 is 2.24 bits per heavy atom. The van der Waals surface area contributed by atoms with Crippen molar-refractivity contribution in [1.29, 1.82) is 0 Å². The second-order valence-electron chi connectivity index (χ2n) is 4.98. The summed E-state index contributed by atoms with van der Waals surface area (Å²) in [6.07, 6.45) is 1.76. The fraction of sp³-hybridized carbons (Fsp3) is 0.571. The lowest BCUT2D eigenvalue weighted by Crippen LogP contribution is -2.48. The van der Waals surface area contributed by atoms with Crippen molar-refractivity contribution in [1.82, 2.24) is 5.32 Å². The number of benzene rings is 1. The van der Waals surface area contributed by atoms with E-state index in [0.717, 1.165) is 19.4 Å². The zero-order valence-electron chi connectivity index (χ0n) is 12.0. The number of ether oxygens (including phenoxy) is 1. The Balaban J connectivity index is 2.22. The number of hydrogen-bond donors (Lipinski definition) is 1. The van der Waals surface area contributed by atoms with Gasteiger partial charge in [-0.2, -0.15) is 0 Å². The molecule has 21 heavy (non-hydrogen) atoms. The molecule has 1 N–H and O–H groups in total. The normalized spacial score (nSPS) is 23.7. The summed E-state index contributed by atoms with van der Waals surface area (Å²) in [6, 6.07) is 6.30. The Hall–Kier alpha value is -1.31. The van der Waals surface area contributed by atoms with Gasteiger partial charge in [0.25, 0.3) is 5.69 Å². The maximum absolute atomic E-state index is 12.8. The van der Waals surface area contributed by atoms with Crippen LogP contribution in [-0.4, -0.2) is 40.2 Å². The summed E-state index contributed by atoms with van der Waals surface area (Å²) in [5, 5.41) is 14.2. The molecule has 0 saturated carbocycles. The molecule has 1 aromatic carbocycles. The van der Waals surface area contributed by atoms with E-state index in [2.05, 4.69) is 12.2 Å². The van der Waals surface area contributed by atoms with Crippen LogP contribution in [0.1, 0.15) is 19.8 Å². The van der Waals surface area contributed by atoms with E-state index in [1.807, 2.05) is 0 Å². The molecule has 1 aliphatic rings. The summed E-state index contributed by atoms with van der Waals surface area (Å²) < 4.78 is 18.2. The van der Waals surface area contributed by atoms with Crippen molar-refractivity contribution in [2.45, 2.75) is 36.0 Å². The molecule has 1 aliphatic heterocycles. The van der Waals surface area contributed by atoms with E-state index in [1.165, 1.54) is 6.07 Å². The lowest BCUT2D eigenvalue weighted by atomic mass is 10.1. The fourth-order valence-electron chi connectivity index (χ4n) is 2.43. The van der Waals surface area contributed by atoms with Crippen LogP contribution in [0.5, 0.6) is 0 Å². The van der Waals surface area contributed by atoms with E-state index >= 15 is 0 Å². The van der Waals surface area contributed by atoms with Crippen LogP contribution in [0, 0.1) is 10.1 Å². The van der Waals surface area contributed by atoms with Crippen molar-refractivity contribution in [2.24, 2.45) is 0 Å². The molecule has 0 aromatic heterocycles. The molecule has 6 nitrogen and oxygen atoms in total. The molecule has 1 aromatic rings. The van der Waals surface area contributed by atoms with E-state index in [1.54, 1.807) is 18.2 Å². The van der Waals surface area contributed by atoms with Gasteiger partial charge in [0.05, 0.1) is 27.6 Å². The fourth-order valence-corrected chi connectivity index (χ4v) is 4.07. The first kappa shape index (κ1) is 16.1. The van der Waals surface area contributed by atoms with E-state index in [4.69, 9.17) is 4.74 Å². The molecule has 7 heteroatoms. The molecule has 0 spiro atoms. The van der Waals surface area contributed by atoms with Gasteiger partial charge in [-0.1, -0.05) is 19.1 Å². The van der Waals surface area contributed by atoms with Gasteiger partial charge in [0.15, 0.2) is 0 Å². The molecule has 0 amide bonds. The minimum absolute atomic E-state index is 0.0688. The SMILES string of the molecule is CCCNC1CCOCC1S(=O)c1ccccc1[N+](=O)[O-]. The van der Waals surface area contributed by atoms with Crippen molar-refractivity contribution in [3.63, 3.8) is 0 Å². The number of nitro benzene ring substituents is 1. The molecule has 1 fully saturated rings. The zero-order chi connectivity index (χ0) is 15.2. The van der Waals surface area contributed by atoms with Gasteiger partial charge in [0.2, 0.25) is 0 Å². The number of nitrogens with zero attached hydrogens (tertiary/aromatic N) is 1. The number of para-hydroxylation sites is 1. The van der Waals surface area contributed by atoms with Gasteiger partial charge in [-0.15, -0.1) is 0 Å². The number of nitro groups is 1. The predicted molar refractivity (Wildman–Crippen MR) is 80.8 cm³/mol. The average Bonchev–Trinajstić information content (AvgIpc) is 2.52. The van der Waals surface area contributed by atoms with Crippen LogP contribution in [0.3, 0.4) is 0 Å². The Kier molecular flexibility index (Phi) is 5.84. The van der Waals surface area contributed by atoms with Crippen molar-refractivity contribution in [3.05, 3.63) is 34.4 Å². The molecule has 1 heterocycles. The van der Waals surface area contributed by atoms with Crippen LogP contribution < -0.4 is 5.32 Å². The maximum Gasteiger partial charge on any atom is 0.285 e. The van der Waals surface area contributed by atoms with Crippen LogP contribution >= 0.6 is 0 Å². The third-order valence-corrected chi connectivity index (χ3v) is 5.31. The second kappa shape index (κ2) is 7.63. The zero-order valence-corrected chi connectivity index (χ0v) is 12.8. The Morgan fingerprint density at radius 1 is 1.48 bits per heavy atom. The Morgan fingerprint density at radius 3 is 2.95 bits per heavy atom. The lowest BCUT2D eigenvalue weighted by Gasteiger charge is -2.31. The van der Waals surface area contributed by atoms with Gasteiger partial charge in [-0.3, -0.25) is 14.3 Å². The first-order valence-electron chi connectivity index (χ1n) is 7.10. The van der Waals surface area contributed by atoms with Gasteiger partial charge in [0.1, 0.15) is 4.90 Å². The molecule has 116 valence electrons. The summed E-state index contributed by atoms with van der Waals surface area (Å²) >= 11 is 0. The standard InChI is InChI=1S/C14H20N2O4S/c1-2-8-15-11-7-9-20-10-14(11)21(19)13-6-4-3-5-12(13)16(17)18/h3-6,11,14-15H,2,7-10H2,1H3. The molecule has 1 saturated heterocycles. The van der Waals surface area contributed by atoms with E-state index in [-0.39, 0.29) is 21.9 Å². The highest BCUT2D eigenvalue weighted by atomic mass is 32.2. The topological polar surface area (TPSA) is 81.5 Å². The quantitative estimate of drug-likeness (QED) is 0.640. The molecule has 2 rings (SSSR count). The first-order valence-corrected chi connectivity index (χ1v) is 8.31. The molecule has 3 unspecified atom stereocenters. The minimum Gasteiger partial charge on any atom is -0.380 e. The maximum atomic E-state index is 12.8. The predicted octanol–water partition coefficient (Wildman–Crippen LogP) is 1.86. The monoisotopic (exact) mass is 312 g/mol. The van der Waals surface area contributed by atoms with Gasteiger partial charge >= 0.3 is 0 Å². The van der Waals surface area contributed by atoms with E-state index in [9.17, 15) is 14.3 Å². The first-order chi connectivity index (χ1) is 10.1. The Labute approximate surface area is 126 Å². The molecular formula is C14H20N2O4S. The molecular weight excluding hydrogens is 292 g/mol. The Bertz CT molecular complexity index is 523. The van der Waals surface area contributed by atoms with E-state index < -0.39 is 15.7 Å². The van der Waals surface area contributed by atoms with Crippen molar-refractivity contribution < 1.29 is 13.9 Å². The highest BCUT2D eigenvalue weighted by Gasteiger charge is 2.33. The van der Waals surface area contributed by atoms with Crippen LogP contribution in [-0.2, 0) is 15.5 Å². The van der Waals surface area contributed by atoms with Crippen LogP contribution in [0.4, 0.5) is 5.69 Å². The van der Waals surface area contributed by atoms with Crippen molar-refractivity contribution in [3.8, 4) is 0 Å². The summed E-state index contributed by atoms with van der Waals surface area (Å²) in [5.41, 5.74) is -0.0874. The summed E-state index contributed by atoms with van der Waals surface area (Å²) in [4.78, 5) is 10.9. The minimum atomic E-state index is -1.46. The van der Waals surface area contributed by atoms with E-state index in [0.29, 0.717) is 13.2 Å². The number of rotatable bonds is 6. The summed E-state index contributed by atoms with van der Waals surface area (Å²) in [7, 11) is -1.46. The van der Waals surface area contributed by atoms with Gasteiger partial charge < -0.3 is 10.1 Å². The van der Waals surface area contributed by atoms with Gasteiger partial charge in [0, 0.05) is 18.7 Å². The third-order valence-electron chi connectivity index (χ3n) is 3.51. The lowest BCUT2D eigenvalue weighted by molar-refractivity contribution is -0.387. The molecule has 0 radical (unpaired) electrons. The van der Waals surface area contributed by atoms with Crippen molar-refractivity contribution >= 4 is 16.5 Å². The van der Waals surface area contributed by atoms with Crippen LogP contribution in [0.2, 0.25) is 0 Å². The van der Waals surface area contributed by atoms with Crippen molar-refractivity contribution in [2.75, 3.05) is 19.8 Å². The average molecular weight is 312 g/mol. The molecule has 3 atom stereocenters. The second-order valence-corrected chi connectivity index (χ2v) is 6.63. The smallest absolute Gasteiger partial charge is 0.285 e. The molecule has 0 bridgehead atoms. The highest BCUT2D eigenvalue weighted by molar-refractivity contribution is 7.86. The van der Waals surface area contributed by atoms with Crippen LogP contribution in [0.25, 0.3) is 0 Å². The highest BCUT2D eigenvalue weighted by Crippen LogP contribution is 2.26. The largest absolute Gasteiger partial charge is 0.380 e. The third kappa shape index (κ3) is 3.87. The summed E-state index contributed by atoms with van der Waals surface area (Å²) in [6.45, 7) is 3.90. The summed E-state index contributed by atoms with van der Waals surface area (Å²) in [5.74, 6) is 0. The van der Waals surface area contributed by atoms with Gasteiger partial charge in [-0.25, -0.2) is 0 Å². The molecule has 0 aliphatic carbocycles. The number of nitrogens with one attached hydrogen (secondary N) is 1. The van der Waals surface area contributed by atoms with Gasteiger partial charge in [-0.05, 0) is 25.5 Å². The number of hydrogen-bond acceptors (Lipinski definition) is 5. The van der Waals surface area contributed by atoms with Crippen LogP contribution in [0.15, 0.2) is 29.2 Å².